The minimum Gasteiger partial charge on any atom is -0.497 e. The molecule has 0 radical (unpaired) electrons. The Labute approximate surface area is 152 Å². The van der Waals surface area contributed by atoms with E-state index in [1.165, 1.54) is 11.1 Å². The summed E-state index contributed by atoms with van der Waals surface area (Å²) in [5, 5.41) is 0. The van der Waals surface area contributed by atoms with Crippen molar-refractivity contribution < 1.29 is 9.53 Å². The largest absolute Gasteiger partial charge is 0.497 e. The van der Waals surface area contributed by atoms with E-state index in [1.807, 2.05) is 41.3 Å². The number of rotatable bonds is 2. The van der Waals surface area contributed by atoms with Gasteiger partial charge in [0.2, 0.25) is 0 Å². The maximum Gasteiger partial charge on any atom is 0.259 e. The van der Waals surface area contributed by atoms with Crippen LogP contribution >= 0.6 is 0 Å². The molecule has 0 fully saturated rings. The fourth-order valence-electron chi connectivity index (χ4n) is 4.41. The number of hydrogen-bond donors (Lipinski definition) is 0. The van der Waals surface area contributed by atoms with Crippen LogP contribution in [0.3, 0.4) is 0 Å². The summed E-state index contributed by atoms with van der Waals surface area (Å²) in [6, 6.07) is 24.7. The predicted molar refractivity (Wildman–Crippen MR) is 102 cm³/mol. The van der Waals surface area contributed by atoms with Crippen LogP contribution in [0.15, 0.2) is 72.8 Å². The Bertz CT molecular complexity index is 996. The summed E-state index contributed by atoms with van der Waals surface area (Å²) < 4.78 is 5.44. The Kier molecular flexibility index (Phi) is 3.35. The van der Waals surface area contributed by atoms with Crippen LogP contribution in [0.2, 0.25) is 0 Å². The summed E-state index contributed by atoms with van der Waals surface area (Å²) in [6.07, 6.45) is 0.895. The molecule has 0 saturated carbocycles. The highest BCUT2D eigenvalue weighted by atomic mass is 16.5. The number of carbonyl (C=O) groups is 1. The molecule has 2 atom stereocenters. The number of anilines is 1. The van der Waals surface area contributed by atoms with Gasteiger partial charge in [0.25, 0.3) is 5.91 Å². The lowest BCUT2D eigenvalue weighted by Crippen LogP contribution is -2.34. The van der Waals surface area contributed by atoms with E-state index >= 15 is 0 Å². The van der Waals surface area contributed by atoms with Crippen molar-refractivity contribution in [3.05, 3.63) is 95.1 Å². The minimum absolute atomic E-state index is 0.0727. The molecule has 3 aromatic rings. The molecule has 26 heavy (non-hydrogen) atoms. The minimum atomic E-state index is 0.0727. The van der Waals surface area contributed by atoms with Crippen LogP contribution in [0, 0.1) is 0 Å². The third-order valence-corrected chi connectivity index (χ3v) is 5.61. The summed E-state index contributed by atoms with van der Waals surface area (Å²) in [5.74, 6) is 1.13. The second-order valence-corrected chi connectivity index (χ2v) is 6.90. The predicted octanol–water partition coefficient (Wildman–Crippen LogP) is 4.93. The number of amides is 1. The first-order valence-electron chi connectivity index (χ1n) is 8.93. The molecule has 3 heteroatoms. The lowest BCUT2D eigenvalue weighted by Gasteiger charge is -2.37. The van der Waals surface area contributed by atoms with Crippen LogP contribution in [0.4, 0.5) is 5.69 Å². The topological polar surface area (TPSA) is 29.5 Å². The van der Waals surface area contributed by atoms with E-state index in [0.717, 1.165) is 29.0 Å². The van der Waals surface area contributed by atoms with E-state index in [1.54, 1.807) is 7.11 Å². The molecule has 0 N–H and O–H groups in total. The lowest BCUT2D eigenvalue weighted by molar-refractivity contribution is 0.0988. The molecule has 0 aliphatic carbocycles. The van der Waals surface area contributed by atoms with Gasteiger partial charge in [0.15, 0.2) is 0 Å². The van der Waals surface area contributed by atoms with Gasteiger partial charge in [0, 0.05) is 17.5 Å². The Morgan fingerprint density at radius 2 is 1.69 bits per heavy atom. The van der Waals surface area contributed by atoms with E-state index in [-0.39, 0.29) is 17.9 Å². The second kappa shape index (κ2) is 5.73. The molecule has 0 unspecified atom stereocenters. The Morgan fingerprint density at radius 3 is 2.50 bits per heavy atom. The van der Waals surface area contributed by atoms with Crippen LogP contribution in [0.1, 0.15) is 45.4 Å². The van der Waals surface area contributed by atoms with Crippen molar-refractivity contribution in [3.63, 3.8) is 0 Å². The van der Waals surface area contributed by atoms with Gasteiger partial charge in [-0.3, -0.25) is 4.79 Å². The highest BCUT2D eigenvalue weighted by Crippen LogP contribution is 2.52. The average Bonchev–Trinajstić information content (AvgIpc) is 3.00. The Balaban J connectivity index is 1.73. The summed E-state index contributed by atoms with van der Waals surface area (Å²) >= 11 is 0. The number of methoxy groups -OCH3 is 1. The van der Waals surface area contributed by atoms with Crippen LogP contribution < -0.4 is 9.64 Å². The van der Waals surface area contributed by atoms with Crippen molar-refractivity contribution in [2.24, 2.45) is 0 Å². The van der Waals surface area contributed by atoms with Gasteiger partial charge in [-0.25, -0.2) is 0 Å². The van der Waals surface area contributed by atoms with Gasteiger partial charge in [-0.1, -0.05) is 54.6 Å². The molecular weight excluding hydrogens is 322 g/mol. The number of nitrogens with zero attached hydrogens (tertiary/aromatic N) is 1. The van der Waals surface area contributed by atoms with Crippen molar-refractivity contribution in [2.75, 3.05) is 12.0 Å². The first-order chi connectivity index (χ1) is 12.8. The van der Waals surface area contributed by atoms with Crippen molar-refractivity contribution in [2.45, 2.75) is 18.4 Å². The van der Waals surface area contributed by atoms with Gasteiger partial charge in [-0.2, -0.15) is 0 Å². The highest BCUT2D eigenvalue weighted by molar-refractivity contribution is 6.12. The molecule has 3 aromatic carbocycles. The van der Waals surface area contributed by atoms with Crippen LogP contribution in [-0.2, 0) is 0 Å². The summed E-state index contributed by atoms with van der Waals surface area (Å²) in [4.78, 5) is 15.1. The maximum absolute atomic E-state index is 13.1. The van der Waals surface area contributed by atoms with Crippen LogP contribution in [0.5, 0.6) is 5.75 Å². The highest BCUT2D eigenvalue weighted by Gasteiger charge is 2.44. The monoisotopic (exact) mass is 341 g/mol. The molecule has 2 aliphatic rings. The number of carbonyl (C=O) groups excluding carboxylic acids is 1. The summed E-state index contributed by atoms with van der Waals surface area (Å²) in [7, 11) is 1.66. The quantitative estimate of drug-likeness (QED) is 0.661. The number of benzene rings is 3. The summed E-state index contributed by atoms with van der Waals surface area (Å²) in [6.45, 7) is 0. The second-order valence-electron chi connectivity index (χ2n) is 6.90. The first kappa shape index (κ1) is 15.2. The molecule has 1 amide bonds. The third kappa shape index (κ3) is 2.10. The van der Waals surface area contributed by atoms with Gasteiger partial charge in [0.1, 0.15) is 5.75 Å². The number of fused-ring (bicyclic) bond motifs is 5. The van der Waals surface area contributed by atoms with E-state index in [9.17, 15) is 4.79 Å². The number of hydrogen-bond acceptors (Lipinski definition) is 2. The first-order valence-corrected chi connectivity index (χ1v) is 8.93. The molecule has 2 aliphatic heterocycles. The smallest absolute Gasteiger partial charge is 0.259 e. The van der Waals surface area contributed by atoms with E-state index < -0.39 is 0 Å². The van der Waals surface area contributed by atoms with Crippen LogP contribution in [0.25, 0.3) is 0 Å². The molecule has 0 saturated heterocycles. The van der Waals surface area contributed by atoms with Gasteiger partial charge < -0.3 is 9.64 Å². The Morgan fingerprint density at radius 1 is 0.923 bits per heavy atom. The fourth-order valence-corrected chi connectivity index (χ4v) is 4.41. The molecule has 2 heterocycles. The van der Waals surface area contributed by atoms with Gasteiger partial charge in [0.05, 0.1) is 18.8 Å². The Hall–Kier alpha value is -3.07. The van der Waals surface area contributed by atoms with Crippen LogP contribution in [-0.4, -0.2) is 13.0 Å². The lowest BCUT2D eigenvalue weighted by atomic mass is 9.80. The standard InChI is InChI=1S/C23H19NO2/c1-26-16-11-12-18-20(15-7-3-2-4-8-15)14-22-17-9-5-6-10-19(17)23(25)24(22)21(18)13-16/h2-13,20,22H,14H2,1H3/t20-,22-/m0/s1. The van der Waals surface area contributed by atoms with E-state index in [2.05, 4.69) is 36.4 Å². The van der Waals surface area contributed by atoms with E-state index in [4.69, 9.17) is 4.74 Å². The zero-order valence-electron chi connectivity index (χ0n) is 14.6. The zero-order chi connectivity index (χ0) is 17.7. The van der Waals surface area contributed by atoms with Gasteiger partial charge in [-0.15, -0.1) is 0 Å². The molecule has 0 aromatic heterocycles. The zero-order valence-corrected chi connectivity index (χ0v) is 14.6. The molecule has 128 valence electrons. The molecule has 5 rings (SSSR count). The SMILES string of the molecule is COc1ccc2c(c1)N1C(=O)c3ccccc3[C@@H]1C[C@H]2c1ccccc1. The molecule has 0 bridgehead atoms. The molecule has 3 nitrogen and oxygen atoms in total. The molecular formula is C23H19NO2. The molecule has 0 spiro atoms. The number of ether oxygens (including phenoxy) is 1. The summed E-state index contributed by atoms with van der Waals surface area (Å²) in [5.41, 5.74) is 5.40. The third-order valence-electron chi connectivity index (χ3n) is 5.61. The van der Waals surface area contributed by atoms with Crippen molar-refractivity contribution >= 4 is 11.6 Å². The van der Waals surface area contributed by atoms with Gasteiger partial charge in [-0.05, 0) is 35.2 Å². The fraction of sp³-hybridized carbons (Fsp3) is 0.174. The van der Waals surface area contributed by atoms with E-state index in [0.29, 0.717) is 0 Å². The van der Waals surface area contributed by atoms with Crippen molar-refractivity contribution in [1.29, 1.82) is 0 Å². The van der Waals surface area contributed by atoms with Crippen molar-refractivity contribution in [3.8, 4) is 5.75 Å². The maximum atomic E-state index is 13.1. The van der Waals surface area contributed by atoms with Gasteiger partial charge >= 0.3 is 0 Å². The normalized spacial score (nSPS) is 20.3. The average molecular weight is 341 g/mol. The van der Waals surface area contributed by atoms with Crippen molar-refractivity contribution in [1.82, 2.24) is 0 Å².